The van der Waals surface area contributed by atoms with Gasteiger partial charge in [-0.1, -0.05) is 43.3 Å². The van der Waals surface area contributed by atoms with E-state index in [4.69, 9.17) is 0 Å². The molecule has 0 spiro atoms. The molecule has 0 saturated heterocycles. The lowest BCUT2D eigenvalue weighted by Crippen LogP contribution is -2.23. The monoisotopic (exact) mass is 268 g/mol. The maximum atomic E-state index is 4.65. The third-order valence-electron chi connectivity index (χ3n) is 3.60. The summed E-state index contributed by atoms with van der Waals surface area (Å²) in [6.45, 7) is 7.37. The van der Waals surface area contributed by atoms with Gasteiger partial charge in [-0.05, 0) is 49.9 Å². The minimum absolute atomic E-state index is 0.334. The van der Waals surface area contributed by atoms with Crippen LogP contribution in [0.1, 0.15) is 41.8 Å². The Labute approximate surface area is 122 Å². The van der Waals surface area contributed by atoms with Gasteiger partial charge >= 0.3 is 0 Å². The fourth-order valence-electron chi connectivity index (χ4n) is 2.63. The molecule has 1 N–H and O–H groups in total. The maximum Gasteiger partial charge on any atom is 0.0602 e. The Morgan fingerprint density at radius 1 is 1.15 bits per heavy atom. The summed E-state index contributed by atoms with van der Waals surface area (Å²) in [7, 11) is 0. The van der Waals surface area contributed by atoms with E-state index < -0.39 is 0 Å². The zero-order chi connectivity index (χ0) is 14.4. The van der Waals surface area contributed by atoms with Crippen molar-refractivity contribution in [2.75, 3.05) is 6.54 Å². The van der Waals surface area contributed by atoms with E-state index in [0.717, 1.165) is 19.4 Å². The highest BCUT2D eigenvalue weighted by Crippen LogP contribution is 2.21. The molecule has 1 aromatic heterocycles. The Morgan fingerprint density at radius 2 is 1.90 bits per heavy atom. The van der Waals surface area contributed by atoms with Gasteiger partial charge in [0.05, 0.1) is 11.7 Å². The van der Waals surface area contributed by atoms with Crippen LogP contribution in [0.3, 0.4) is 0 Å². The van der Waals surface area contributed by atoms with E-state index in [0.29, 0.717) is 6.04 Å². The summed E-state index contributed by atoms with van der Waals surface area (Å²) in [5.41, 5.74) is 5.09. The van der Waals surface area contributed by atoms with Gasteiger partial charge < -0.3 is 5.32 Å². The molecule has 0 aliphatic rings. The summed E-state index contributed by atoms with van der Waals surface area (Å²) in [5, 5.41) is 3.57. The molecule has 0 bridgehead atoms. The topological polar surface area (TPSA) is 24.9 Å². The zero-order valence-electron chi connectivity index (χ0n) is 12.7. The minimum Gasteiger partial charge on any atom is -0.309 e. The van der Waals surface area contributed by atoms with Gasteiger partial charge in [0.2, 0.25) is 0 Å². The highest BCUT2D eigenvalue weighted by atomic mass is 14.9. The first kappa shape index (κ1) is 14.7. The van der Waals surface area contributed by atoms with Crippen LogP contribution in [0.5, 0.6) is 0 Å². The van der Waals surface area contributed by atoms with E-state index in [1.165, 1.54) is 22.4 Å². The number of aryl methyl sites for hydroxylation is 3. The number of benzene rings is 1. The van der Waals surface area contributed by atoms with Crippen LogP contribution in [0.4, 0.5) is 0 Å². The molecule has 20 heavy (non-hydrogen) atoms. The fraction of sp³-hybridized carbons (Fsp3) is 0.389. The number of aromatic nitrogens is 1. The van der Waals surface area contributed by atoms with Crippen LogP contribution in [0, 0.1) is 13.8 Å². The quantitative estimate of drug-likeness (QED) is 0.857. The van der Waals surface area contributed by atoms with E-state index >= 15 is 0 Å². The average molecular weight is 268 g/mol. The predicted molar refractivity (Wildman–Crippen MR) is 84.9 cm³/mol. The second-order valence-electron chi connectivity index (χ2n) is 5.35. The number of hydrogen-bond acceptors (Lipinski definition) is 2. The van der Waals surface area contributed by atoms with Crippen LogP contribution in [0.25, 0.3) is 0 Å². The minimum atomic E-state index is 0.334. The van der Waals surface area contributed by atoms with Gasteiger partial charge in [0.25, 0.3) is 0 Å². The lowest BCUT2D eigenvalue weighted by Gasteiger charge is -2.19. The Kier molecular flexibility index (Phi) is 5.31. The summed E-state index contributed by atoms with van der Waals surface area (Å²) < 4.78 is 0. The van der Waals surface area contributed by atoms with Crippen LogP contribution < -0.4 is 5.32 Å². The van der Waals surface area contributed by atoms with Crippen LogP contribution in [-0.2, 0) is 6.42 Å². The average Bonchev–Trinajstić information content (AvgIpc) is 2.45. The molecule has 0 fully saturated rings. The van der Waals surface area contributed by atoms with Crippen molar-refractivity contribution in [3.8, 4) is 0 Å². The molecule has 0 aliphatic carbocycles. The summed E-state index contributed by atoms with van der Waals surface area (Å²) in [5.74, 6) is 0. The second-order valence-corrected chi connectivity index (χ2v) is 5.35. The molecular weight excluding hydrogens is 244 g/mol. The largest absolute Gasteiger partial charge is 0.309 e. The van der Waals surface area contributed by atoms with Crippen molar-refractivity contribution in [3.63, 3.8) is 0 Å². The van der Waals surface area contributed by atoms with Crippen LogP contribution in [0.15, 0.2) is 42.6 Å². The van der Waals surface area contributed by atoms with Crippen LogP contribution >= 0.6 is 0 Å². The Bertz CT molecular complexity index is 534. The fourth-order valence-corrected chi connectivity index (χ4v) is 2.63. The van der Waals surface area contributed by atoms with E-state index in [1.54, 1.807) is 0 Å². The van der Waals surface area contributed by atoms with Gasteiger partial charge in [-0.15, -0.1) is 0 Å². The van der Waals surface area contributed by atoms with Gasteiger partial charge in [-0.25, -0.2) is 0 Å². The molecule has 2 heteroatoms. The highest BCUT2D eigenvalue weighted by molar-refractivity contribution is 5.26. The molecule has 1 unspecified atom stereocenters. The molecule has 0 aliphatic heterocycles. The van der Waals surface area contributed by atoms with E-state index in [-0.39, 0.29) is 0 Å². The molecular formula is C18H24N2. The summed E-state index contributed by atoms with van der Waals surface area (Å²) >= 11 is 0. The van der Waals surface area contributed by atoms with Crippen molar-refractivity contribution in [3.05, 3.63) is 65.0 Å². The van der Waals surface area contributed by atoms with Crippen molar-refractivity contribution in [1.29, 1.82) is 0 Å². The lowest BCUT2D eigenvalue weighted by molar-refractivity contribution is 0.501. The first-order valence-electron chi connectivity index (χ1n) is 7.41. The highest BCUT2D eigenvalue weighted by Gasteiger charge is 2.14. The third-order valence-corrected chi connectivity index (χ3v) is 3.60. The van der Waals surface area contributed by atoms with Crippen molar-refractivity contribution >= 4 is 0 Å². The van der Waals surface area contributed by atoms with Gasteiger partial charge in [0, 0.05) is 6.20 Å². The zero-order valence-corrected chi connectivity index (χ0v) is 12.7. The summed E-state index contributed by atoms with van der Waals surface area (Å²) in [4.78, 5) is 4.65. The lowest BCUT2D eigenvalue weighted by atomic mass is 9.99. The normalized spacial score (nSPS) is 12.3. The molecule has 2 aromatic rings. The maximum absolute atomic E-state index is 4.65. The number of nitrogens with one attached hydrogen (secondary N) is 1. The summed E-state index contributed by atoms with van der Waals surface area (Å²) in [6, 6.07) is 13.2. The molecule has 0 saturated carbocycles. The first-order chi connectivity index (χ1) is 9.70. The summed E-state index contributed by atoms with van der Waals surface area (Å²) in [6.07, 6.45) is 4.12. The first-order valence-corrected chi connectivity index (χ1v) is 7.41. The van der Waals surface area contributed by atoms with Gasteiger partial charge in [0.15, 0.2) is 0 Å². The van der Waals surface area contributed by atoms with Gasteiger partial charge in [-0.3, -0.25) is 4.98 Å². The molecule has 1 aromatic carbocycles. The van der Waals surface area contributed by atoms with E-state index in [9.17, 15) is 0 Å². The second kappa shape index (κ2) is 7.20. The van der Waals surface area contributed by atoms with Crippen molar-refractivity contribution in [2.24, 2.45) is 0 Å². The van der Waals surface area contributed by atoms with Gasteiger partial charge in [-0.2, -0.15) is 0 Å². The third kappa shape index (κ3) is 3.91. The van der Waals surface area contributed by atoms with Crippen LogP contribution in [0.2, 0.25) is 0 Å². The number of rotatable bonds is 6. The Morgan fingerprint density at radius 3 is 2.55 bits per heavy atom. The van der Waals surface area contributed by atoms with E-state index in [2.05, 4.69) is 67.5 Å². The molecule has 2 rings (SSSR count). The smallest absolute Gasteiger partial charge is 0.0602 e. The van der Waals surface area contributed by atoms with Crippen molar-refractivity contribution in [2.45, 2.75) is 39.7 Å². The Hall–Kier alpha value is -1.67. The predicted octanol–water partition coefficient (Wildman–Crippen LogP) is 3.98. The van der Waals surface area contributed by atoms with Crippen molar-refractivity contribution < 1.29 is 0 Å². The number of hydrogen-bond donors (Lipinski definition) is 1. The molecule has 106 valence electrons. The molecule has 0 amide bonds. The van der Waals surface area contributed by atoms with Crippen molar-refractivity contribution in [1.82, 2.24) is 10.3 Å². The molecule has 0 radical (unpaired) electrons. The molecule has 1 heterocycles. The van der Waals surface area contributed by atoms with E-state index in [1.807, 2.05) is 6.20 Å². The standard InChI is InChI=1S/C18H24N2/c1-4-19-17(11-10-16-8-6-5-7-9-16)18-15(3)12-14(2)13-20-18/h5-9,12-13,17,19H,4,10-11H2,1-3H3. The SMILES string of the molecule is CCNC(CCc1ccccc1)c1ncc(C)cc1C. The molecule has 2 nitrogen and oxygen atoms in total. The van der Waals surface area contributed by atoms with Crippen LogP contribution in [-0.4, -0.2) is 11.5 Å². The number of nitrogens with zero attached hydrogens (tertiary/aromatic N) is 1. The van der Waals surface area contributed by atoms with Gasteiger partial charge in [0.1, 0.15) is 0 Å². The number of pyridine rings is 1. The molecule has 1 atom stereocenters. The Balaban J connectivity index is 2.10.